The minimum absolute atomic E-state index is 0.0206. The molecular formula is C18H29ClN4O. The molecule has 1 amide bonds. The fraction of sp³-hybridized carbons (Fsp3) is 0.556. The summed E-state index contributed by atoms with van der Waals surface area (Å²) in [6.07, 6.45) is 1.82. The molecule has 0 aliphatic rings. The van der Waals surface area contributed by atoms with Gasteiger partial charge in [-0.25, -0.2) is 0 Å². The van der Waals surface area contributed by atoms with E-state index in [1.165, 1.54) is 5.56 Å². The van der Waals surface area contributed by atoms with Gasteiger partial charge in [-0.2, -0.15) is 0 Å². The first-order valence-corrected chi connectivity index (χ1v) is 8.70. The first-order valence-electron chi connectivity index (χ1n) is 8.32. The minimum Gasteiger partial charge on any atom is -0.356 e. The predicted octanol–water partition coefficient (Wildman–Crippen LogP) is 2.60. The minimum atomic E-state index is -0.0296. The monoisotopic (exact) mass is 352 g/mol. The Hall–Kier alpha value is -1.75. The van der Waals surface area contributed by atoms with Crippen molar-refractivity contribution in [1.82, 2.24) is 16.0 Å². The van der Waals surface area contributed by atoms with Crippen LogP contribution in [0.15, 0.2) is 29.3 Å². The van der Waals surface area contributed by atoms with E-state index in [2.05, 4.69) is 40.9 Å². The number of nitrogens with zero attached hydrogens (tertiary/aromatic N) is 1. The van der Waals surface area contributed by atoms with Crippen molar-refractivity contribution in [2.24, 2.45) is 10.4 Å². The number of carbonyl (C=O) groups excluding carboxylic acids is 1. The number of carbonyl (C=O) groups is 1. The first kappa shape index (κ1) is 20.3. The fourth-order valence-electron chi connectivity index (χ4n) is 2.30. The first-order chi connectivity index (χ1) is 11.4. The van der Waals surface area contributed by atoms with Crippen LogP contribution in [0.4, 0.5) is 0 Å². The highest BCUT2D eigenvalue weighted by Crippen LogP contribution is 2.22. The molecule has 3 N–H and O–H groups in total. The highest BCUT2D eigenvalue weighted by atomic mass is 35.5. The van der Waals surface area contributed by atoms with E-state index in [1.807, 2.05) is 25.1 Å². The van der Waals surface area contributed by atoms with E-state index >= 15 is 0 Å². The van der Waals surface area contributed by atoms with Gasteiger partial charge in [0.15, 0.2) is 5.96 Å². The van der Waals surface area contributed by atoms with E-state index in [0.29, 0.717) is 12.5 Å². The average Bonchev–Trinajstić information content (AvgIpc) is 2.52. The second-order valence-electron chi connectivity index (χ2n) is 6.60. The number of hydrogen-bond acceptors (Lipinski definition) is 2. The summed E-state index contributed by atoms with van der Waals surface area (Å²) < 4.78 is 0. The van der Waals surface area contributed by atoms with Gasteiger partial charge < -0.3 is 16.0 Å². The number of guanidine groups is 1. The number of aliphatic imine (C=N–C) groups is 1. The molecule has 0 heterocycles. The Labute approximate surface area is 150 Å². The molecule has 0 fully saturated rings. The van der Waals surface area contributed by atoms with Crippen molar-refractivity contribution >= 4 is 23.5 Å². The zero-order valence-electron chi connectivity index (χ0n) is 15.1. The van der Waals surface area contributed by atoms with E-state index in [1.54, 1.807) is 7.05 Å². The van der Waals surface area contributed by atoms with Crippen LogP contribution in [0.5, 0.6) is 0 Å². The summed E-state index contributed by atoms with van der Waals surface area (Å²) in [7, 11) is 1.70. The van der Waals surface area contributed by atoms with Crippen molar-refractivity contribution in [3.8, 4) is 0 Å². The summed E-state index contributed by atoms with van der Waals surface area (Å²) in [5, 5.41) is 9.89. The van der Waals surface area contributed by atoms with Crippen LogP contribution in [0.25, 0.3) is 0 Å². The fourth-order valence-corrected chi connectivity index (χ4v) is 2.51. The van der Waals surface area contributed by atoms with Gasteiger partial charge in [-0.15, -0.1) is 0 Å². The molecule has 0 unspecified atom stereocenters. The molecule has 134 valence electrons. The average molecular weight is 353 g/mol. The lowest BCUT2D eigenvalue weighted by Crippen LogP contribution is -2.46. The maximum Gasteiger partial charge on any atom is 0.239 e. The normalized spacial score (nSPS) is 12.0. The lowest BCUT2D eigenvalue weighted by atomic mass is 9.86. The maximum absolute atomic E-state index is 11.6. The van der Waals surface area contributed by atoms with Gasteiger partial charge in [-0.05, 0) is 36.0 Å². The molecule has 1 rings (SSSR count). The summed E-state index contributed by atoms with van der Waals surface area (Å²) in [6.45, 7) is 8.03. The highest BCUT2D eigenvalue weighted by molar-refractivity contribution is 6.30. The molecule has 1 aromatic carbocycles. The maximum atomic E-state index is 11.6. The van der Waals surface area contributed by atoms with Crippen molar-refractivity contribution in [1.29, 1.82) is 0 Å². The lowest BCUT2D eigenvalue weighted by Gasteiger charge is -2.26. The summed E-state index contributed by atoms with van der Waals surface area (Å²) in [5.41, 5.74) is 1.23. The van der Waals surface area contributed by atoms with Gasteiger partial charge in [-0.1, -0.05) is 44.5 Å². The van der Waals surface area contributed by atoms with Gasteiger partial charge in [-0.3, -0.25) is 9.79 Å². The van der Waals surface area contributed by atoms with Crippen LogP contribution < -0.4 is 16.0 Å². The van der Waals surface area contributed by atoms with Crippen LogP contribution in [-0.4, -0.2) is 38.5 Å². The Morgan fingerprint density at radius 2 is 2.00 bits per heavy atom. The smallest absolute Gasteiger partial charge is 0.239 e. The Bertz CT molecular complexity index is 558. The Morgan fingerprint density at radius 1 is 1.25 bits per heavy atom. The third kappa shape index (κ3) is 8.20. The van der Waals surface area contributed by atoms with Crippen LogP contribution in [0.3, 0.4) is 0 Å². The van der Waals surface area contributed by atoms with Gasteiger partial charge in [0.2, 0.25) is 5.91 Å². The molecular weight excluding hydrogens is 324 g/mol. The molecule has 0 aliphatic heterocycles. The molecule has 0 aliphatic carbocycles. The van der Waals surface area contributed by atoms with Gasteiger partial charge in [0.25, 0.3) is 0 Å². The summed E-state index contributed by atoms with van der Waals surface area (Å²) in [5.74, 6) is 0.596. The van der Waals surface area contributed by atoms with Crippen molar-refractivity contribution < 1.29 is 4.79 Å². The number of amides is 1. The third-order valence-corrected chi connectivity index (χ3v) is 3.75. The largest absolute Gasteiger partial charge is 0.356 e. The molecule has 1 aromatic rings. The molecule has 24 heavy (non-hydrogen) atoms. The molecule has 0 spiro atoms. The van der Waals surface area contributed by atoms with Crippen molar-refractivity contribution in [3.05, 3.63) is 34.9 Å². The molecule has 0 saturated heterocycles. The van der Waals surface area contributed by atoms with E-state index in [-0.39, 0.29) is 17.9 Å². The van der Waals surface area contributed by atoms with E-state index in [9.17, 15) is 4.79 Å². The van der Waals surface area contributed by atoms with Crippen LogP contribution in [0.2, 0.25) is 5.02 Å². The number of rotatable bonds is 8. The molecule has 0 atom stereocenters. The Balaban J connectivity index is 2.44. The molecule has 5 nitrogen and oxygen atoms in total. The van der Waals surface area contributed by atoms with Crippen molar-refractivity contribution in [2.45, 2.75) is 33.6 Å². The van der Waals surface area contributed by atoms with Gasteiger partial charge in [0, 0.05) is 25.2 Å². The van der Waals surface area contributed by atoms with Gasteiger partial charge in [0.1, 0.15) is 0 Å². The van der Waals surface area contributed by atoms with Crippen LogP contribution >= 0.6 is 11.6 Å². The Morgan fingerprint density at radius 3 is 2.62 bits per heavy atom. The zero-order valence-corrected chi connectivity index (χ0v) is 15.8. The number of halogens is 1. The van der Waals surface area contributed by atoms with Crippen LogP contribution in [0.1, 0.15) is 32.8 Å². The van der Waals surface area contributed by atoms with Gasteiger partial charge in [0.05, 0.1) is 6.54 Å². The van der Waals surface area contributed by atoms with E-state index in [0.717, 1.165) is 24.4 Å². The summed E-state index contributed by atoms with van der Waals surface area (Å²) in [4.78, 5) is 15.8. The topological polar surface area (TPSA) is 65.5 Å². The van der Waals surface area contributed by atoms with Crippen LogP contribution in [0, 0.1) is 5.41 Å². The van der Waals surface area contributed by atoms with Crippen LogP contribution in [-0.2, 0) is 11.2 Å². The molecule has 6 heteroatoms. The second-order valence-corrected chi connectivity index (χ2v) is 7.04. The number of benzene rings is 1. The molecule has 0 bridgehead atoms. The second kappa shape index (κ2) is 10.2. The Kier molecular flexibility index (Phi) is 8.61. The molecule has 0 saturated carbocycles. The number of hydrogen-bond donors (Lipinski definition) is 3. The quantitative estimate of drug-likeness (QED) is 0.497. The predicted molar refractivity (Wildman–Crippen MR) is 102 cm³/mol. The molecule has 0 aromatic heterocycles. The standard InChI is InChI=1S/C18H29ClN4O/c1-5-9-21-16(24)12-22-17(20-4)23-13-18(2,3)11-14-7-6-8-15(19)10-14/h6-8,10H,5,9,11-13H2,1-4H3,(H,21,24)(H2,20,22,23). The lowest BCUT2D eigenvalue weighted by molar-refractivity contribution is -0.120. The van der Waals surface area contributed by atoms with Crippen molar-refractivity contribution in [2.75, 3.05) is 26.7 Å². The number of nitrogens with one attached hydrogen (secondary N) is 3. The SMILES string of the molecule is CCCNC(=O)CNC(=NC)NCC(C)(C)Cc1cccc(Cl)c1. The van der Waals surface area contributed by atoms with Crippen molar-refractivity contribution in [3.63, 3.8) is 0 Å². The third-order valence-electron chi connectivity index (χ3n) is 3.52. The summed E-state index contributed by atoms with van der Waals surface area (Å²) >= 11 is 6.05. The zero-order chi connectivity index (χ0) is 18.0. The molecule has 0 radical (unpaired) electrons. The highest BCUT2D eigenvalue weighted by Gasteiger charge is 2.19. The van der Waals surface area contributed by atoms with Gasteiger partial charge >= 0.3 is 0 Å². The van der Waals surface area contributed by atoms with E-state index in [4.69, 9.17) is 11.6 Å². The van der Waals surface area contributed by atoms with E-state index < -0.39 is 0 Å². The summed E-state index contributed by atoms with van der Waals surface area (Å²) in [6, 6.07) is 7.93.